The number of amides is 1. The number of rotatable bonds is 4. The Labute approximate surface area is 115 Å². The molecule has 0 spiro atoms. The summed E-state index contributed by atoms with van der Waals surface area (Å²) >= 11 is -0.185. The molecule has 0 radical (unpaired) electrons. The van der Waals surface area contributed by atoms with Crippen LogP contribution in [0.1, 0.15) is 24.2 Å². The maximum atomic E-state index is 12.2. The van der Waals surface area contributed by atoms with Crippen LogP contribution in [-0.2, 0) is 0 Å². The van der Waals surface area contributed by atoms with Crippen LogP contribution < -0.4 is 0 Å². The van der Waals surface area contributed by atoms with Gasteiger partial charge < -0.3 is 4.90 Å². The van der Waals surface area contributed by atoms with Crippen molar-refractivity contribution in [2.24, 2.45) is 5.92 Å². The Morgan fingerprint density at radius 3 is 2.21 bits per heavy atom. The van der Waals surface area contributed by atoms with Crippen LogP contribution in [0.15, 0.2) is 29.2 Å². The van der Waals surface area contributed by atoms with Crippen LogP contribution in [0.3, 0.4) is 0 Å². The summed E-state index contributed by atoms with van der Waals surface area (Å²) < 4.78 is 36.5. The molecule has 0 aliphatic carbocycles. The Morgan fingerprint density at radius 1 is 1.26 bits per heavy atom. The van der Waals surface area contributed by atoms with Gasteiger partial charge in [0.2, 0.25) is 0 Å². The lowest BCUT2D eigenvalue weighted by Crippen LogP contribution is -2.30. The molecule has 0 saturated heterocycles. The number of hydrogen-bond acceptors (Lipinski definition) is 2. The Balaban J connectivity index is 2.73. The zero-order valence-electron chi connectivity index (χ0n) is 11.0. The molecule has 0 heterocycles. The predicted octanol–water partition coefficient (Wildman–Crippen LogP) is 4.03. The molecule has 0 aliphatic rings. The van der Waals surface area contributed by atoms with Gasteiger partial charge in [-0.25, -0.2) is 0 Å². The predicted molar refractivity (Wildman–Crippen MR) is 70.2 cm³/mol. The number of benzene rings is 1. The lowest BCUT2D eigenvalue weighted by molar-refractivity contribution is -0.0328. The second-order valence-corrected chi connectivity index (χ2v) is 5.79. The van der Waals surface area contributed by atoms with E-state index < -0.39 is 5.51 Å². The maximum Gasteiger partial charge on any atom is 0.446 e. The quantitative estimate of drug-likeness (QED) is 0.781. The molecule has 0 saturated carbocycles. The molecule has 1 aromatic carbocycles. The second kappa shape index (κ2) is 6.32. The van der Waals surface area contributed by atoms with E-state index in [1.165, 1.54) is 24.3 Å². The molecule has 0 aromatic heterocycles. The third kappa shape index (κ3) is 5.55. The van der Waals surface area contributed by atoms with E-state index in [2.05, 4.69) is 0 Å². The van der Waals surface area contributed by atoms with Crippen molar-refractivity contribution in [1.82, 2.24) is 4.90 Å². The summed E-state index contributed by atoms with van der Waals surface area (Å²) in [4.78, 5) is 13.6. The largest absolute Gasteiger partial charge is 0.446 e. The van der Waals surface area contributed by atoms with Crippen molar-refractivity contribution in [3.63, 3.8) is 0 Å². The first-order valence-electron chi connectivity index (χ1n) is 5.80. The first-order valence-corrected chi connectivity index (χ1v) is 6.62. The second-order valence-electron chi connectivity index (χ2n) is 4.65. The van der Waals surface area contributed by atoms with Crippen LogP contribution in [0.25, 0.3) is 0 Å². The average Bonchev–Trinajstić information content (AvgIpc) is 2.26. The van der Waals surface area contributed by atoms with Gasteiger partial charge in [-0.1, -0.05) is 13.8 Å². The summed E-state index contributed by atoms with van der Waals surface area (Å²) in [7, 11) is 1.68. The molecule has 19 heavy (non-hydrogen) atoms. The van der Waals surface area contributed by atoms with E-state index in [1.54, 1.807) is 11.9 Å². The zero-order valence-corrected chi connectivity index (χ0v) is 11.8. The molecule has 6 heteroatoms. The SMILES string of the molecule is CC(C)CN(C)C(=O)c1ccc(SC(F)(F)F)cc1. The van der Waals surface area contributed by atoms with Gasteiger partial charge in [-0.3, -0.25) is 4.79 Å². The van der Waals surface area contributed by atoms with Crippen LogP contribution >= 0.6 is 11.8 Å². The van der Waals surface area contributed by atoms with Crippen LogP contribution in [0, 0.1) is 5.92 Å². The van der Waals surface area contributed by atoms with Crippen molar-refractivity contribution >= 4 is 17.7 Å². The molecular formula is C13H16F3NOS. The summed E-state index contributed by atoms with van der Waals surface area (Å²) in [5.41, 5.74) is -3.91. The lowest BCUT2D eigenvalue weighted by atomic mass is 10.1. The van der Waals surface area contributed by atoms with Gasteiger partial charge in [0, 0.05) is 24.1 Å². The molecule has 0 aliphatic heterocycles. The highest BCUT2D eigenvalue weighted by Gasteiger charge is 2.29. The summed E-state index contributed by atoms with van der Waals surface area (Å²) in [6.07, 6.45) is 0. The molecule has 0 atom stereocenters. The van der Waals surface area contributed by atoms with Crippen molar-refractivity contribution in [2.75, 3.05) is 13.6 Å². The topological polar surface area (TPSA) is 20.3 Å². The monoisotopic (exact) mass is 291 g/mol. The Hall–Kier alpha value is -1.17. The number of thioether (sulfide) groups is 1. The number of nitrogens with zero attached hydrogens (tertiary/aromatic N) is 1. The van der Waals surface area contributed by atoms with Gasteiger partial charge in [0.1, 0.15) is 0 Å². The highest BCUT2D eigenvalue weighted by molar-refractivity contribution is 8.00. The molecule has 0 unspecified atom stereocenters. The molecule has 1 amide bonds. The van der Waals surface area contributed by atoms with E-state index in [0.717, 1.165) is 0 Å². The van der Waals surface area contributed by atoms with Crippen LogP contribution in [0.5, 0.6) is 0 Å². The van der Waals surface area contributed by atoms with E-state index >= 15 is 0 Å². The highest BCUT2D eigenvalue weighted by Crippen LogP contribution is 2.36. The number of alkyl halides is 3. The van der Waals surface area contributed by atoms with Crippen molar-refractivity contribution in [3.8, 4) is 0 Å². The van der Waals surface area contributed by atoms with Crippen LogP contribution in [0.4, 0.5) is 13.2 Å². The summed E-state index contributed by atoms with van der Waals surface area (Å²) in [5, 5.41) is 0. The minimum atomic E-state index is -4.31. The van der Waals surface area contributed by atoms with E-state index in [-0.39, 0.29) is 22.6 Å². The Bertz CT molecular complexity index is 429. The smallest absolute Gasteiger partial charge is 0.341 e. The fourth-order valence-corrected chi connectivity index (χ4v) is 2.19. The third-order valence-electron chi connectivity index (χ3n) is 2.32. The van der Waals surface area contributed by atoms with Gasteiger partial charge in [0.15, 0.2) is 0 Å². The molecule has 2 nitrogen and oxygen atoms in total. The summed E-state index contributed by atoms with van der Waals surface area (Å²) in [5.74, 6) is 0.159. The number of carbonyl (C=O) groups excluding carboxylic acids is 1. The molecular weight excluding hydrogens is 275 g/mol. The molecule has 106 valence electrons. The minimum Gasteiger partial charge on any atom is -0.341 e. The van der Waals surface area contributed by atoms with Crippen LogP contribution in [-0.4, -0.2) is 29.9 Å². The van der Waals surface area contributed by atoms with Gasteiger partial charge in [-0.2, -0.15) is 13.2 Å². The standard InChI is InChI=1S/C13H16F3NOS/c1-9(2)8-17(3)12(18)10-4-6-11(7-5-10)19-13(14,15)16/h4-7,9H,8H2,1-3H3. The zero-order chi connectivity index (χ0) is 14.6. The van der Waals surface area contributed by atoms with Crippen molar-refractivity contribution in [3.05, 3.63) is 29.8 Å². The van der Waals surface area contributed by atoms with Gasteiger partial charge >= 0.3 is 5.51 Å². The third-order valence-corrected chi connectivity index (χ3v) is 3.06. The van der Waals surface area contributed by atoms with Gasteiger partial charge in [-0.15, -0.1) is 0 Å². The van der Waals surface area contributed by atoms with E-state index in [0.29, 0.717) is 18.0 Å². The number of hydrogen-bond donors (Lipinski definition) is 0. The number of halogens is 3. The van der Waals surface area contributed by atoms with Crippen molar-refractivity contribution < 1.29 is 18.0 Å². The Morgan fingerprint density at radius 2 is 1.79 bits per heavy atom. The molecule has 0 bridgehead atoms. The van der Waals surface area contributed by atoms with Gasteiger partial charge in [-0.05, 0) is 41.9 Å². The van der Waals surface area contributed by atoms with E-state index in [1.807, 2.05) is 13.8 Å². The highest BCUT2D eigenvalue weighted by atomic mass is 32.2. The fourth-order valence-electron chi connectivity index (χ4n) is 1.65. The fraction of sp³-hybridized carbons (Fsp3) is 0.462. The maximum absolute atomic E-state index is 12.2. The van der Waals surface area contributed by atoms with Crippen molar-refractivity contribution in [2.45, 2.75) is 24.3 Å². The lowest BCUT2D eigenvalue weighted by Gasteiger charge is -2.19. The molecule has 0 fully saturated rings. The first kappa shape index (κ1) is 15.9. The van der Waals surface area contributed by atoms with Crippen LogP contribution in [0.2, 0.25) is 0 Å². The number of carbonyl (C=O) groups is 1. The minimum absolute atomic E-state index is 0.0792. The van der Waals surface area contributed by atoms with E-state index in [4.69, 9.17) is 0 Å². The Kier molecular flexibility index (Phi) is 5.29. The van der Waals surface area contributed by atoms with E-state index in [9.17, 15) is 18.0 Å². The molecule has 0 N–H and O–H groups in total. The first-order chi connectivity index (χ1) is 8.69. The summed E-state index contributed by atoms with van der Waals surface area (Å²) in [6, 6.07) is 5.48. The molecule has 1 rings (SSSR count). The normalized spacial score (nSPS) is 11.7. The van der Waals surface area contributed by atoms with Crippen molar-refractivity contribution in [1.29, 1.82) is 0 Å². The van der Waals surface area contributed by atoms with Gasteiger partial charge in [0.05, 0.1) is 0 Å². The average molecular weight is 291 g/mol. The van der Waals surface area contributed by atoms with Gasteiger partial charge in [0.25, 0.3) is 5.91 Å². The molecule has 1 aromatic rings. The summed E-state index contributed by atoms with van der Waals surface area (Å²) in [6.45, 7) is 4.59.